The average Bonchev–Trinajstić information content (AvgIpc) is 2.46. The number of hydrogen-bond acceptors (Lipinski definition) is 1. The molecule has 0 aliphatic heterocycles. The Balaban J connectivity index is 2.52. The third kappa shape index (κ3) is 3.86. The van der Waals surface area contributed by atoms with E-state index < -0.39 is 23.5 Å². The summed E-state index contributed by atoms with van der Waals surface area (Å²) in [5.74, 6) is -1.58. The van der Waals surface area contributed by atoms with E-state index in [1.807, 2.05) is 6.92 Å². The molecule has 0 amide bonds. The van der Waals surface area contributed by atoms with Gasteiger partial charge in [-0.2, -0.15) is 0 Å². The molecule has 1 unspecified atom stereocenters. The largest absolute Gasteiger partial charge is 0.306 e. The van der Waals surface area contributed by atoms with Crippen LogP contribution in [0.5, 0.6) is 0 Å². The molecule has 0 spiro atoms. The van der Waals surface area contributed by atoms with Gasteiger partial charge in [-0.05, 0) is 49.4 Å². The van der Waals surface area contributed by atoms with Gasteiger partial charge in [0.05, 0.1) is 6.04 Å². The molecule has 0 aliphatic carbocycles. The fourth-order valence-corrected chi connectivity index (χ4v) is 2.53. The highest BCUT2D eigenvalue weighted by Crippen LogP contribution is 2.29. The van der Waals surface area contributed by atoms with Crippen molar-refractivity contribution in [3.8, 4) is 0 Å². The van der Waals surface area contributed by atoms with Crippen molar-refractivity contribution in [2.24, 2.45) is 0 Å². The van der Waals surface area contributed by atoms with Crippen molar-refractivity contribution in [2.75, 3.05) is 6.54 Å². The van der Waals surface area contributed by atoms with Crippen LogP contribution < -0.4 is 5.32 Å². The van der Waals surface area contributed by atoms with Gasteiger partial charge >= 0.3 is 0 Å². The Morgan fingerprint density at radius 2 is 1.62 bits per heavy atom. The Morgan fingerprint density at radius 1 is 1.00 bits per heavy atom. The maximum absolute atomic E-state index is 14.1. The first-order valence-electron chi connectivity index (χ1n) is 6.66. The summed E-state index contributed by atoms with van der Waals surface area (Å²) in [5.41, 5.74) is 0.378. The van der Waals surface area contributed by atoms with Crippen molar-refractivity contribution in [1.82, 2.24) is 5.32 Å². The van der Waals surface area contributed by atoms with Crippen LogP contribution in [0, 0.1) is 17.5 Å². The van der Waals surface area contributed by atoms with Gasteiger partial charge in [0.15, 0.2) is 0 Å². The Hall–Kier alpha value is -1.33. The predicted octanol–water partition coefficient (Wildman–Crippen LogP) is 4.96. The zero-order chi connectivity index (χ0) is 15.4. The molecular weight excluding hydrogens is 343 g/mol. The quantitative estimate of drug-likeness (QED) is 0.797. The van der Waals surface area contributed by atoms with Crippen molar-refractivity contribution in [3.05, 3.63) is 69.4 Å². The molecule has 1 N–H and O–H groups in total. The molecule has 0 aliphatic rings. The van der Waals surface area contributed by atoms with Crippen LogP contribution in [0.1, 0.15) is 30.5 Å². The summed E-state index contributed by atoms with van der Waals surface area (Å²) in [6, 6.07) is 6.91. The minimum Gasteiger partial charge on any atom is -0.306 e. The molecule has 0 aromatic heterocycles. The van der Waals surface area contributed by atoms with E-state index in [1.165, 1.54) is 6.07 Å². The van der Waals surface area contributed by atoms with Crippen LogP contribution >= 0.6 is 15.9 Å². The Morgan fingerprint density at radius 3 is 2.29 bits per heavy atom. The molecule has 2 aromatic carbocycles. The maximum atomic E-state index is 14.1. The summed E-state index contributed by atoms with van der Waals surface area (Å²) in [6.07, 6.45) is 0.795. The molecule has 0 heterocycles. The SMILES string of the molecule is CCCNC(c1cc(F)ccc1F)c1cc(Br)ccc1F. The minimum atomic E-state index is -0.738. The van der Waals surface area contributed by atoms with Crippen molar-refractivity contribution in [1.29, 1.82) is 0 Å². The first-order chi connectivity index (χ1) is 10.0. The van der Waals surface area contributed by atoms with E-state index >= 15 is 0 Å². The van der Waals surface area contributed by atoms with E-state index in [2.05, 4.69) is 21.2 Å². The van der Waals surface area contributed by atoms with E-state index in [4.69, 9.17) is 0 Å². The van der Waals surface area contributed by atoms with Gasteiger partial charge in [-0.15, -0.1) is 0 Å². The summed E-state index contributed by atoms with van der Waals surface area (Å²) in [6.45, 7) is 2.51. The van der Waals surface area contributed by atoms with Crippen molar-refractivity contribution >= 4 is 15.9 Å². The molecule has 0 radical (unpaired) electrons. The molecular formula is C16H15BrF3N. The standard InChI is InChI=1S/C16H15BrF3N/c1-2-7-21-16(12-8-10(17)3-5-14(12)19)13-9-11(18)4-6-15(13)20/h3-6,8-9,16,21H,2,7H2,1H3. The lowest BCUT2D eigenvalue weighted by molar-refractivity contribution is 0.513. The Bertz CT molecular complexity index is 579. The molecule has 0 saturated carbocycles. The second kappa shape index (κ2) is 7.09. The number of benzene rings is 2. The molecule has 0 bridgehead atoms. The van der Waals surface area contributed by atoms with Gasteiger partial charge in [0.25, 0.3) is 0 Å². The molecule has 112 valence electrons. The normalized spacial score (nSPS) is 12.4. The van der Waals surface area contributed by atoms with Gasteiger partial charge in [-0.25, -0.2) is 13.2 Å². The highest BCUT2D eigenvalue weighted by atomic mass is 79.9. The molecule has 1 nitrogen and oxygen atoms in total. The minimum absolute atomic E-state index is 0.0976. The maximum Gasteiger partial charge on any atom is 0.128 e. The van der Waals surface area contributed by atoms with Crippen LogP contribution in [0.4, 0.5) is 13.2 Å². The van der Waals surface area contributed by atoms with E-state index in [0.717, 1.165) is 24.6 Å². The Labute approximate surface area is 130 Å². The van der Waals surface area contributed by atoms with Gasteiger partial charge in [0.1, 0.15) is 17.5 Å². The van der Waals surface area contributed by atoms with E-state index in [0.29, 0.717) is 11.0 Å². The topological polar surface area (TPSA) is 12.0 Å². The van der Waals surface area contributed by atoms with Gasteiger partial charge in [-0.1, -0.05) is 22.9 Å². The Kier molecular flexibility index (Phi) is 5.42. The molecule has 2 rings (SSSR count). The fourth-order valence-electron chi connectivity index (χ4n) is 2.15. The van der Waals surface area contributed by atoms with Crippen LogP contribution in [0.25, 0.3) is 0 Å². The zero-order valence-electron chi connectivity index (χ0n) is 11.5. The van der Waals surface area contributed by atoms with E-state index in [9.17, 15) is 13.2 Å². The molecule has 5 heteroatoms. The van der Waals surface area contributed by atoms with Crippen LogP contribution in [-0.2, 0) is 0 Å². The van der Waals surface area contributed by atoms with Crippen LogP contribution in [-0.4, -0.2) is 6.54 Å². The summed E-state index contributed by atoms with van der Waals surface area (Å²) in [7, 11) is 0. The van der Waals surface area contributed by atoms with Crippen LogP contribution in [0.3, 0.4) is 0 Å². The summed E-state index contributed by atoms with van der Waals surface area (Å²) in [4.78, 5) is 0. The zero-order valence-corrected chi connectivity index (χ0v) is 13.1. The predicted molar refractivity (Wildman–Crippen MR) is 80.6 cm³/mol. The van der Waals surface area contributed by atoms with Gasteiger partial charge in [-0.3, -0.25) is 0 Å². The van der Waals surface area contributed by atoms with Gasteiger partial charge in [0, 0.05) is 15.6 Å². The van der Waals surface area contributed by atoms with Crippen molar-refractivity contribution in [3.63, 3.8) is 0 Å². The molecule has 2 aromatic rings. The lowest BCUT2D eigenvalue weighted by atomic mass is 9.97. The van der Waals surface area contributed by atoms with Crippen molar-refractivity contribution in [2.45, 2.75) is 19.4 Å². The summed E-state index contributed by atoms with van der Waals surface area (Å²) in [5, 5.41) is 3.07. The second-order valence-electron chi connectivity index (χ2n) is 4.72. The number of halogens is 4. The van der Waals surface area contributed by atoms with Crippen molar-refractivity contribution < 1.29 is 13.2 Å². The van der Waals surface area contributed by atoms with Gasteiger partial charge < -0.3 is 5.32 Å². The average molecular weight is 358 g/mol. The lowest BCUT2D eigenvalue weighted by Gasteiger charge is -2.21. The summed E-state index contributed by atoms with van der Waals surface area (Å²) < 4.78 is 42.2. The first-order valence-corrected chi connectivity index (χ1v) is 7.45. The highest BCUT2D eigenvalue weighted by molar-refractivity contribution is 9.10. The molecule has 0 fully saturated rings. The number of rotatable bonds is 5. The first kappa shape index (κ1) is 16.0. The lowest BCUT2D eigenvalue weighted by Crippen LogP contribution is -2.25. The monoisotopic (exact) mass is 357 g/mol. The molecule has 1 atom stereocenters. The van der Waals surface area contributed by atoms with Crippen LogP contribution in [0.2, 0.25) is 0 Å². The second-order valence-corrected chi connectivity index (χ2v) is 5.63. The number of hydrogen-bond donors (Lipinski definition) is 1. The van der Waals surface area contributed by atoms with Gasteiger partial charge in [0.2, 0.25) is 0 Å². The van der Waals surface area contributed by atoms with E-state index in [-0.39, 0.29) is 11.1 Å². The summed E-state index contributed by atoms with van der Waals surface area (Å²) >= 11 is 3.28. The molecule has 21 heavy (non-hydrogen) atoms. The third-order valence-corrected chi connectivity index (χ3v) is 3.63. The van der Waals surface area contributed by atoms with E-state index in [1.54, 1.807) is 12.1 Å². The smallest absolute Gasteiger partial charge is 0.128 e. The fraction of sp³-hybridized carbons (Fsp3) is 0.250. The highest BCUT2D eigenvalue weighted by Gasteiger charge is 2.21. The van der Waals surface area contributed by atoms with Crippen LogP contribution in [0.15, 0.2) is 40.9 Å². The number of nitrogens with one attached hydrogen (secondary N) is 1. The third-order valence-electron chi connectivity index (χ3n) is 3.14. The molecule has 0 saturated heterocycles.